The summed E-state index contributed by atoms with van der Waals surface area (Å²) in [5, 5.41) is 0. The second kappa shape index (κ2) is 3.67. The summed E-state index contributed by atoms with van der Waals surface area (Å²) in [5.41, 5.74) is 5.91. The number of hydrogen-bond acceptors (Lipinski definition) is 2. The lowest BCUT2D eigenvalue weighted by molar-refractivity contribution is 0.912. The molecule has 0 radical (unpaired) electrons. The Morgan fingerprint density at radius 2 is 2.00 bits per heavy atom. The first-order chi connectivity index (χ1) is 8.90. The molecule has 1 aliphatic carbocycles. The summed E-state index contributed by atoms with van der Waals surface area (Å²) in [6.07, 6.45) is 5.47. The van der Waals surface area contributed by atoms with Gasteiger partial charge in [-0.25, -0.2) is 9.97 Å². The van der Waals surface area contributed by atoms with Crippen molar-refractivity contribution in [1.29, 1.82) is 0 Å². The molecule has 0 saturated heterocycles. The van der Waals surface area contributed by atoms with Crippen LogP contribution in [0.4, 0.5) is 0 Å². The molecule has 2 heterocycles. The predicted octanol–water partition coefficient (Wildman–Crippen LogP) is 3.11. The van der Waals surface area contributed by atoms with Crippen LogP contribution in [0.1, 0.15) is 17.5 Å². The molecule has 0 amide bonds. The van der Waals surface area contributed by atoms with Gasteiger partial charge < -0.3 is 4.98 Å². The van der Waals surface area contributed by atoms with Crippen LogP contribution in [-0.2, 0) is 12.8 Å². The van der Waals surface area contributed by atoms with Crippen molar-refractivity contribution in [2.75, 3.05) is 0 Å². The van der Waals surface area contributed by atoms with E-state index in [1.54, 1.807) is 6.20 Å². The summed E-state index contributed by atoms with van der Waals surface area (Å²) < 4.78 is 0. The normalized spacial score (nSPS) is 14.0. The number of benzene rings is 1. The maximum absolute atomic E-state index is 4.54. The predicted molar refractivity (Wildman–Crippen MR) is 71.3 cm³/mol. The van der Waals surface area contributed by atoms with E-state index in [4.69, 9.17) is 0 Å². The van der Waals surface area contributed by atoms with Crippen molar-refractivity contribution in [1.82, 2.24) is 15.0 Å². The molecule has 0 unspecified atom stereocenters. The summed E-state index contributed by atoms with van der Waals surface area (Å²) in [6, 6.07) is 10.6. The average Bonchev–Trinajstić information content (AvgIpc) is 3.04. The van der Waals surface area contributed by atoms with E-state index in [1.807, 2.05) is 12.1 Å². The Kier molecular flexibility index (Phi) is 2.00. The summed E-state index contributed by atoms with van der Waals surface area (Å²) in [6.45, 7) is 0. The standard InChI is InChI=1S/C15H13N3/c1-3-10-6-7-12(9-11(10)4-1)14-17-13-5-2-8-16-15(13)18-14/h2,5-9H,1,3-4H2,(H,16,17,18). The molecule has 0 saturated carbocycles. The van der Waals surface area contributed by atoms with Gasteiger partial charge in [0.1, 0.15) is 5.82 Å². The van der Waals surface area contributed by atoms with Gasteiger partial charge >= 0.3 is 0 Å². The van der Waals surface area contributed by atoms with E-state index in [2.05, 4.69) is 33.2 Å². The second-order valence-corrected chi connectivity index (χ2v) is 4.80. The summed E-state index contributed by atoms with van der Waals surface area (Å²) in [5.74, 6) is 0.915. The zero-order valence-corrected chi connectivity index (χ0v) is 9.98. The van der Waals surface area contributed by atoms with E-state index in [0.29, 0.717) is 0 Å². The van der Waals surface area contributed by atoms with Crippen molar-refractivity contribution < 1.29 is 0 Å². The first-order valence-corrected chi connectivity index (χ1v) is 6.33. The van der Waals surface area contributed by atoms with E-state index in [1.165, 1.54) is 30.4 Å². The fourth-order valence-electron chi connectivity index (χ4n) is 2.70. The Morgan fingerprint density at radius 3 is 2.94 bits per heavy atom. The number of nitrogens with zero attached hydrogens (tertiary/aromatic N) is 2. The molecule has 18 heavy (non-hydrogen) atoms. The van der Waals surface area contributed by atoms with E-state index < -0.39 is 0 Å². The molecule has 1 aromatic carbocycles. The number of imidazole rings is 1. The Labute approximate surface area is 105 Å². The monoisotopic (exact) mass is 235 g/mol. The van der Waals surface area contributed by atoms with Crippen LogP contribution in [0.15, 0.2) is 36.5 Å². The van der Waals surface area contributed by atoms with Gasteiger partial charge in [-0.1, -0.05) is 12.1 Å². The van der Waals surface area contributed by atoms with Crippen molar-refractivity contribution in [3.05, 3.63) is 47.7 Å². The molecule has 2 aromatic heterocycles. The number of aryl methyl sites for hydroxylation is 2. The molecule has 3 nitrogen and oxygen atoms in total. The van der Waals surface area contributed by atoms with Crippen molar-refractivity contribution in [2.45, 2.75) is 19.3 Å². The van der Waals surface area contributed by atoms with Gasteiger partial charge in [0.2, 0.25) is 0 Å². The average molecular weight is 235 g/mol. The third-order valence-electron chi connectivity index (χ3n) is 3.63. The highest BCUT2D eigenvalue weighted by Gasteiger charge is 2.13. The second-order valence-electron chi connectivity index (χ2n) is 4.80. The quantitative estimate of drug-likeness (QED) is 0.704. The fourth-order valence-corrected chi connectivity index (χ4v) is 2.70. The largest absolute Gasteiger partial charge is 0.337 e. The van der Waals surface area contributed by atoms with Crippen LogP contribution >= 0.6 is 0 Å². The lowest BCUT2D eigenvalue weighted by Crippen LogP contribution is -1.86. The molecule has 0 spiro atoms. The fraction of sp³-hybridized carbons (Fsp3) is 0.200. The molecule has 0 aliphatic heterocycles. The minimum Gasteiger partial charge on any atom is -0.337 e. The van der Waals surface area contributed by atoms with Gasteiger partial charge in [-0.2, -0.15) is 0 Å². The van der Waals surface area contributed by atoms with Crippen LogP contribution in [0.3, 0.4) is 0 Å². The van der Waals surface area contributed by atoms with E-state index >= 15 is 0 Å². The molecule has 88 valence electrons. The molecule has 1 N–H and O–H groups in total. The smallest absolute Gasteiger partial charge is 0.178 e. The summed E-state index contributed by atoms with van der Waals surface area (Å²) in [4.78, 5) is 12.1. The van der Waals surface area contributed by atoms with Gasteiger partial charge in [-0.15, -0.1) is 0 Å². The third kappa shape index (κ3) is 1.44. The zero-order valence-electron chi connectivity index (χ0n) is 9.98. The van der Waals surface area contributed by atoms with Crippen LogP contribution in [0, 0.1) is 0 Å². The van der Waals surface area contributed by atoms with Crippen molar-refractivity contribution in [2.24, 2.45) is 0 Å². The maximum Gasteiger partial charge on any atom is 0.178 e. The number of pyridine rings is 1. The van der Waals surface area contributed by atoms with Crippen LogP contribution in [-0.4, -0.2) is 15.0 Å². The Morgan fingerprint density at radius 1 is 1.06 bits per heavy atom. The lowest BCUT2D eigenvalue weighted by atomic mass is 10.1. The van der Waals surface area contributed by atoms with Crippen molar-refractivity contribution >= 4 is 11.2 Å². The van der Waals surface area contributed by atoms with Crippen LogP contribution < -0.4 is 0 Å². The lowest BCUT2D eigenvalue weighted by Gasteiger charge is -2.01. The van der Waals surface area contributed by atoms with Crippen LogP contribution in [0.2, 0.25) is 0 Å². The van der Waals surface area contributed by atoms with Crippen molar-refractivity contribution in [3.8, 4) is 11.4 Å². The Bertz CT molecular complexity index is 694. The minimum absolute atomic E-state index is 0.785. The SMILES string of the molecule is c1cnc2nc(-c3ccc4c(c3)CCC4)[nH]c2c1. The number of aromatic amines is 1. The molecule has 3 heteroatoms. The van der Waals surface area contributed by atoms with E-state index in [0.717, 1.165) is 22.6 Å². The molecule has 1 aliphatic rings. The number of aromatic nitrogens is 3. The van der Waals surface area contributed by atoms with Crippen LogP contribution in [0.5, 0.6) is 0 Å². The number of hydrogen-bond donors (Lipinski definition) is 1. The zero-order chi connectivity index (χ0) is 11.9. The van der Waals surface area contributed by atoms with Gasteiger partial charge in [0.05, 0.1) is 5.52 Å². The highest BCUT2D eigenvalue weighted by Crippen LogP contribution is 2.27. The Balaban J connectivity index is 1.86. The van der Waals surface area contributed by atoms with Gasteiger partial charge in [0.25, 0.3) is 0 Å². The van der Waals surface area contributed by atoms with Gasteiger partial charge in [-0.3, -0.25) is 0 Å². The maximum atomic E-state index is 4.54. The molecular formula is C15H13N3. The Hall–Kier alpha value is -2.16. The molecule has 0 bridgehead atoms. The first kappa shape index (κ1) is 9.83. The first-order valence-electron chi connectivity index (χ1n) is 6.33. The molecule has 0 atom stereocenters. The molecule has 3 aromatic rings. The number of rotatable bonds is 1. The van der Waals surface area contributed by atoms with Gasteiger partial charge in [0, 0.05) is 11.8 Å². The third-order valence-corrected chi connectivity index (χ3v) is 3.63. The van der Waals surface area contributed by atoms with Gasteiger partial charge in [0.15, 0.2) is 5.65 Å². The molecular weight excluding hydrogens is 222 g/mol. The topological polar surface area (TPSA) is 41.6 Å². The number of H-pyrrole nitrogens is 1. The van der Waals surface area contributed by atoms with Gasteiger partial charge in [-0.05, 0) is 48.6 Å². The van der Waals surface area contributed by atoms with E-state index in [9.17, 15) is 0 Å². The highest BCUT2D eigenvalue weighted by molar-refractivity contribution is 5.75. The van der Waals surface area contributed by atoms with Crippen molar-refractivity contribution in [3.63, 3.8) is 0 Å². The number of nitrogens with one attached hydrogen (secondary N) is 1. The number of fused-ring (bicyclic) bond motifs is 2. The molecule has 4 rings (SSSR count). The van der Waals surface area contributed by atoms with E-state index in [-0.39, 0.29) is 0 Å². The molecule has 0 fully saturated rings. The van der Waals surface area contributed by atoms with Crippen LogP contribution in [0.25, 0.3) is 22.6 Å². The minimum atomic E-state index is 0.785. The highest BCUT2D eigenvalue weighted by atomic mass is 15.0. The summed E-state index contributed by atoms with van der Waals surface area (Å²) in [7, 11) is 0. The summed E-state index contributed by atoms with van der Waals surface area (Å²) >= 11 is 0.